The van der Waals surface area contributed by atoms with E-state index in [9.17, 15) is 19.2 Å². The highest BCUT2D eigenvalue weighted by Crippen LogP contribution is 2.28. The Morgan fingerprint density at radius 3 is 2.59 bits per heavy atom. The minimum absolute atomic E-state index is 0.0557. The highest BCUT2D eigenvalue weighted by atomic mass is 16.4. The zero-order chi connectivity index (χ0) is 19.7. The molecule has 140 valence electrons. The quantitative estimate of drug-likeness (QED) is 0.712. The summed E-state index contributed by atoms with van der Waals surface area (Å²) in [5.74, 6) is -1.77. The Hall–Kier alpha value is -3.42. The number of fused-ring (bicyclic) bond motifs is 1. The van der Waals surface area contributed by atoms with Crippen LogP contribution in [0.2, 0.25) is 0 Å². The molecule has 4 N–H and O–H groups in total. The van der Waals surface area contributed by atoms with Gasteiger partial charge in [-0.15, -0.1) is 0 Å². The molecule has 0 fully saturated rings. The van der Waals surface area contributed by atoms with Crippen LogP contribution in [0.1, 0.15) is 62.2 Å². The number of amides is 3. The molecule has 8 nitrogen and oxygen atoms in total. The second-order valence-corrected chi connectivity index (χ2v) is 6.39. The largest absolute Gasteiger partial charge is 0.444 e. The number of rotatable bonds is 4. The molecule has 0 aliphatic carbocycles. The van der Waals surface area contributed by atoms with Crippen LogP contribution in [0.25, 0.3) is 0 Å². The van der Waals surface area contributed by atoms with Gasteiger partial charge in [0.25, 0.3) is 11.8 Å². The number of aryl methyl sites for hydroxylation is 2. The summed E-state index contributed by atoms with van der Waals surface area (Å²) in [6.45, 7) is 2.81. The molecular weight excluding hydrogens is 350 g/mol. The molecule has 0 bridgehead atoms. The first-order valence-electron chi connectivity index (χ1n) is 8.46. The summed E-state index contributed by atoms with van der Waals surface area (Å²) in [7, 11) is 0. The molecule has 0 saturated carbocycles. The van der Waals surface area contributed by atoms with Crippen molar-refractivity contribution >= 4 is 35.1 Å². The molecule has 0 saturated heterocycles. The van der Waals surface area contributed by atoms with E-state index in [1.165, 1.54) is 13.8 Å². The highest BCUT2D eigenvalue weighted by molar-refractivity contribution is 6.13. The van der Waals surface area contributed by atoms with Gasteiger partial charge in [0, 0.05) is 17.7 Å². The van der Waals surface area contributed by atoms with Crippen LogP contribution in [0.15, 0.2) is 22.6 Å². The molecule has 8 heteroatoms. The van der Waals surface area contributed by atoms with Crippen molar-refractivity contribution in [3.05, 3.63) is 46.2 Å². The van der Waals surface area contributed by atoms with E-state index in [2.05, 4.69) is 10.6 Å². The first kappa shape index (κ1) is 18.4. The van der Waals surface area contributed by atoms with Crippen molar-refractivity contribution in [1.29, 1.82) is 0 Å². The van der Waals surface area contributed by atoms with Crippen LogP contribution >= 0.6 is 0 Å². The monoisotopic (exact) mass is 369 g/mol. The fourth-order valence-corrected chi connectivity index (χ4v) is 3.18. The number of primary amides is 1. The molecule has 0 radical (unpaired) electrons. The van der Waals surface area contributed by atoms with Gasteiger partial charge in [0.05, 0.1) is 5.56 Å². The van der Waals surface area contributed by atoms with Crippen LogP contribution in [-0.4, -0.2) is 23.5 Å². The van der Waals surface area contributed by atoms with Crippen LogP contribution in [0.5, 0.6) is 0 Å². The van der Waals surface area contributed by atoms with Crippen LogP contribution in [0.4, 0.5) is 11.6 Å². The smallest absolute Gasteiger partial charge is 0.258 e. The third kappa shape index (κ3) is 3.59. The van der Waals surface area contributed by atoms with Crippen LogP contribution in [0, 0.1) is 6.92 Å². The normalized spacial score (nSPS) is 13.3. The van der Waals surface area contributed by atoms with Crippen molar-refractivity contribution in [2.24, 2.45) is 5.73 Å². The van der Waals surface area contributed by atoms with Gasteiger partial charge in [-0.05, 0) is 50.5 Å². The van der Waals surface area contributed by atoms with E-state index in [4.69, 9.17) is 10.2 Å². The lowest BCUT2D eigenvalue weighted by Crippen LogP contribution is -2.19. The standard InChI is InChI=1S/C19H19N3O5/c1-9(23)15-10(2)27-19(16(15)17(20)25)22-18(26)12-6-7-13-11(8-12)4-3-5-14(24)21-13/h6-8H,3-5H2,1-2H3,(H2,20,25)(H,21,24)(H,22,26). The van der Waals surface area contributed by atoms with Crippen molar-refractivity contribution in [3.63, 3.8) is 0 Å². The van der Waals surface area contributed by atoms with Crippen LogP contribution in [-0.2, 0) is 11.2 Å². The number of hydrogen-bond acceptors (Lipinski definition) is 5. The number of nitrogens with two attached hydrogens (primary N) is 1. The van der Waals surface area contributed by atoms with Gasteiger partial charge < -0.3 is 15.5 Å². The van der Waals surface area contributed by atoms with Gasteiger partial charge in [-0.1, -0.05) is 0 Å². The summed E-state index contributed by atoms with van der Waals surface area (Å²) < 4.78 is 5.40. The van der Waals surface area contributed by atoms with E-state index in [0.717, 1.165) is 5.56 Å². The lowest BCUT2D eigenvalue weighted by Gasteiger charge is -2.09. The predicted octanol–water partition coefficient (Wildman–Crippen LogP) is 2.42. The number of anilines is 2. The summed E-state index contributed by atoms with van der Waals surface area (Å²) in [6, 6.07) is 4.91. The van der Waals surface area contributed by atoms with Crippen LogP contribution < -0.4 is 16.4 Å². The highest BCUT2D eigenvalue weighted by Gasteiger charge is 2.26. The van der Waals surface area contributed by atoms with Crippen molar-refractivity contribution in [1.82, 2.24) is 0 Å². The van der Waals surface area contributed by atoms with E-state index < -0.39 is 11.8 Å². The third-order valence-corrected chi connectivity index (χ3v) is 4.40. The Morgan fingerprint density at radius 2 is 1.93 bits per heavy atom. The molecule has 0 atom stereocenters. The van der Waals surface area contributed by atoms with Gasteiger partial charge in [-0.3, -0.25) is 24.5 Å². The Labute approximate surface area is 155 Å². The fourth-order valence-electron chi connectivity index (χ4n) is 3.18. The maximum absolute atomic E-state index is 12.6. The average Bonchev–Trinajstić information content (AvgIpc) is 2.80. The zero-order valence-corrected chi connectivity index (χ0v) is 15.0. The van der Waals surface area contributed by atoms with Crippen molar-refractivity contribution in [2.45, 2.75) is 33.1 Å². The lowest BCUT2D eigenvalue weighted by atomic mass is 10.0. The number of carbonyl (C=O) groups excluding carboxylic acids is 4. The third-order valence-electron chi connectivity index (χ3n) is 4.40. The number of carbonyl (C=O) groups is 4. The topological polar surface area (TPSA) is 132 Å². The van der Waals surface area contributed by atoms with Crippen molar-refractivity contribution in [2.75, 3.05) is 10.6 Å². The van der Waals surface area contributed by atoms with Gasteiger partial charge in [0.2, 0.25) is 11.8 Å². The van der Waals surface area contributed by atoms with E-state index in [1.807, 2.05) is 0 Å². The van der Waals surface area contributed by atoms with Gasteiger partial charge >= 0.3 is 0 Å². The SMILES string of the molecule is CC(=O)c1c(C)oc(NC(=O)c2ccc3c(c2)CCCC(=O)N3)c1C(N)=O. The summed E-state index contributed by atoms with van der Waals surface area (Å²) in [5.41, 5.74) is 7.14. The van der Waals surface area contributed by atoms with Gasteiger partial charge in [-0.2, -0.15) is 0 Å². The van der Waals surface area contributed by atoms with Gasteiger partial charge in [0.1, 0.15) is 11.3 Å². The summed E-state index contributed by atoms with van der Waals surface area (Å²) >= 11 is 0. The zero-order valence-electron chi connectivity index (χ0n) is 15.0. The fraction of sp³-hybridized carbons (Fsp3) is 0.263. The Bertz CT molecular complexity index is 974. The van der Waals surface area contributed by atoms with E-state index >= 15 is 0 Å². The molecule has 1 aromatic carbocycles. The summed E-state index contributed by atoms with van der Waals surface area (Å²) in [4.78, 5) is 47.8. The number of Topliss-reactive ketones (excluding diaryl/α,β-unsaturated/α-hetero) is 1. The van der Waals surface area contributed by atoms with E-state index in [0.29, 0.717) is 30.5 Å². The molecule has 3 amide bonds. The Morgan fingerprint density at radius 1 is 1.19 bits per heavy atom. The number of nitrogens with one attached hydrogen (secondary N) is 2. The molecule has 3 rings (SSSR count). The minimum atomic E-state index is -0.864. The second kappa shape index (κ2) is 7.06. The lowest BCUT2D eigenvalue weighted by molar-refractivity contribution is -0.116. The Kier molecular flexibility index (Phi) is 4.81. The molecule has 1 aliphatic heterocycles. The predicted molar refractivity (Wildman–Crippen MR) is 97.9 cm³/mol. The molecule has 1 aliphatic rings. The summed E-state index contributed by atoms with van der Waals surface area (Å²) in [6.07, 6.45) is 1.78. The molecule has 2 aromatic rings. The minimum Gasteiger partial charge on any atom is -0.444 e. The number of benzene rings is 1. The van der Waals surface area contributed by atoms with E-state index in [1.54, 1.807) is 18.2 Å². The molecule has 2 heterocycles. The molecule has 0 unspecified atom stereocenters. The average molecular weight is 369 g/mol. The number of ketones is 1. The molecule has 27 heavy (non-hydrogen) atoms. The molecular formula is C19H19N3O5. The molecule has 0 spiro atoms. The maximum atomic E-state index is 12.6. The molecule has 1 aromatic heterocycles. The van der Waals surface area contributed by atoms with Crippen molar-refractivity contribution in [3.8, 4) is 0 Å². The van der Waals surface area contributed by atoms with Crippen molar-refractivity contribution < 1.29 is 23.6 Å². The van der Waals surface area contributed by atoms with Crippen LogP contribution in [0.3, 0.4) is 0 Å². The Balaban J connectivity index is 1.92. The van der Waals surface area contributed by atoms with Gasteiger partial charge in [0.15, 0.2) is 5.78 Å². The maximum Gasteiger partial charge on any atom is 0.258 e. The summed E-state index contributed by atoms with van der Waals surface area (Å²) in [5, 5.41) is 5.31. The van der Waals surface area contributed by atoms with Gasteiger partial charge in [-0.25, -0.2) is 0 Å². The second-order valence-electron chi connectivity index (χ2n) is 6.39. The first-order valence-corrected chi connectivity index (χ1v) is 8.46. The number of furan rings is 1. The first-order chi connectivity index (χ1) is 12.8. The number of hydrogen-bond donors (Lipinski definition) is 3. The van der Waals surface area contributed by atoms with E-state index in [-0.39, 0.29) is 34.5 Å².